The van der Waals surface area contributed by atoms with Crippen LogP contribution in [0.3, 0.4) is 0 Å². The number of aromatic amines is 2. The van der Waals surface area contributed by atoms with Gasteiger partial charge in [-0.3, -0.25) is 9.78 Å². The topological polar surface area (TPSA) is 91.7 Å². The third-order valence-corrected chi connectivity index (χ3v) is 2.84. The molecule has 1 heterocycles. The van der Waals surface area contributed by atoms with Crippen LogP contribution in [0.25, 0.3) is 0 Å². The van der Waals surface area contributed by atoms with Crippen molar-refractivity contribution in [2.75, 3.05) is 5.73 Å². The molecule has 4 N–H and O–H groups in total. The van der Waals surface area contributed by atoms with Crippen molar-refractivity contribution >= 4 is 5.69 Å². The molecule has 17 heavy (non-hydrogen) atoms. The molecule has 0 fully saturated rings. The lowest BCUT2D eigenvalue weighted by Crippen LogP contribution is -2.27. The number of nitrogens with one attached hydrogen (secondary N) is 2. The predicted octanol–water partition coefficient (Wildman–Crippen LogP) is 1.55. The van der Waals surface area contributed by atoms with Gasteiger partial charge in [-0.2, -0.15) is 0 Å². The van der Waals surface area contributed by atoms with E-state index < -0.39 is 11.2 Å². The first-order valence-electron chi connectivity index (χ1n) is 6.26. The Bertz CT molecular complexity index is 448. The van der Waals surface area contributed by atoms with E-state index in [0.717, 1.165) is 12.8 Å². The van der Waals surface area contributed by atoms with Crippen molar-refractivity contribution in [2.24, 2.45) is 0 Å². The van der Waals surface area contributed by atoms with E-state index in [1.807, 2.05) is 0 Å². The Labute approximate surface area is 100 Å². The summed E-state index contributed by atoms with van der Waals surface area (Å²) in [5.41, 5.74) is 5.33. The minimum Gasteiger partial charge on any atom is -0.393 e. The fourth-order valence-electron chi connectivity index (χ4n) is 1.82. The van der Waals surface area contributed by atoms with Crippen molar-refractivity contribution in [1.82, 2.24) is 9.97 Å². The summed E-state index contributed by atoms with van der Waals surface area (Å²) in [6.45, 7) is 2.18. The average Bonchev–Trinajstić information content (AvgIpc) is 2.29. The second kappa shape index (κ2) is 6.93. The van der Waals surface area contributed by atoms with Gasteiger partial charge in [0.25, 0.3) is 5.56 Å². The van der Waals surface area contributed by atoms with E-state index in [0.29, 0.717) is 12.1 Å². The molecule has 0 atom stereocenters. The zero-order chi connectivity index (χ0) is 12.7. The molecule has 0 radical (unpaired) electrons. The Balaban J connectivity index is 2.42. The highest BCUT2D eigenvalue weighted by atomic mass is 16.2. The van der Waals surface area contributed by atoms with Crippen molar-refractivity contribution < 1.29 is 0 Å². The molecule has 5 nitrogen and oxygen atoms in total. The molecule has 1 rings (SSSR count). The maximum atomic E-state index is 11.2. The second-order valence-electron chi connectivity index (χ2n) is 4.32. The summed E-state index contributed by atoms with van der Waals surface area (Å²) >= 11 is 0. The first-order valence-corrected chi connectivity index (χ1v) is 6.26. The summed E-state index contributed by atoms with van der Waals surface area (Å²) in [7, 11) is 0. The van der Waals surface area contributed by atoms with Crippen LogP contribution in [0.15, 0.2) is 9.59 Å². The maximum absolute atomic E-state index is 11.2. The molecular weight excluding hydrogens is 218 g/mol. The largest absolute Gasteiger partial charge is 0.393 e. The smallest absolute Gasteiger partial charge is 0.326 e. The number of hydrogen-bond acceptors (Lipinski definition) is 3. The van der Waals surface area contributed by atoms with Gasteiger partial charge < -0.3 is 10.7 Å². The SMILES string of the molecule is CCCCCCCCc1[nH]c(=O)[nH]c(=O)c1N. The molecule has 0 unspecified atom stereocenters. The van der Waals surface area contributed by atoms with E-state index in [1.54, 1.807) is 0 Å². The highest BCUT2D eigenvalue weighted by molar-refractivity contribution is 5.39. The van der Waals surface area contributed by atoms with Crippen LogP contribution < -0.4 is 17.0 Å². The zero-order valence-corrected chi connectivity index (χ0v) is 10.3. The third kappa shape index (κ3) is 4.46. The van der Waals surface area contributed by atoms with E-state index >= 15 is 0 Å². The van der Waals surface area contributed by atoms with Gasteiger partial charge >= 0.3 is 5.69 Å². The van der Waals surface area contributed by atoms with E-state index in [2.05, 4.69) is 16.9 Å². The second-order valence-corrected chi connectivity index (χ2v) is 4.32. The van der Waals surface area contributed by atoms with Crippen LogP contribution in [0.4, 0.5) is 5.69 Å². The highest BCUT2D eigenvalue weighted by Crippen LogP contribution is 2.09. The lowest BCUT2D eigenvalue weighted by atomic mass is 10.1. The molecule has 0 aliphatic heterocycles. The number of unbranched alkanes of at least 4 members (excludes halogenated alkanes) is 5. The lowest BCUT2D eigenvalue weighted by molar-refractivity contribution is 0.604. The van der Waals surface area contributed by atoms with Gasteiger partial charge in [0.1, 0.15) is 5.69 Å². The van der Waals surface area contributed by atoms with Crippen molar-refractivity contribution in [3.8, 4) is 0 Å². The number of hydrogen-bond donors (Lipinski definition) is 3. The Morgan fingerprint density at radius 2 is 1.65 bits per heavy atom. The normalized spacial score (nSPS) is 10.6. The zero-order valence-electron chi connectivity index (χ0n) is 10.3. The van der Waals surface area contributed by atoms with Crippen molar-refractivity contribution in [2.45, 2.75) is 51.9 Å². The minimum absolute atomic E-state index is 0.137. The van der Waals surface area contributed by atoms with Crippen LogP contribution >= 0.6 is 0 Å². The van der Waals surface area contributed by atoms with E-state index in [9.17, 15) is 9.59 Å². The van der Waals surface area contributed by atoms with E-state index in [1.165, 1.54) is 25.7 Å². The average molecular weight is 239 g/mol. The summed E-state index contributed by atoms with van der Waals surface area (Å²) in [4.78, 5) is 27.0. The Morgan fingerprint density at radius 3 is 2.35 bits per heavy atom. The molecule has 0 amide bonds. The number of nitrogens with two attached hydrogens (primary N) is 1. The van der Waals surface area contributed by atoms with Crippen LogP contribution in [-0.2, 0) is 6.42 Å². The summed E-state index contributed by atoms with van der Waals surface area (Å²) in [6, 6.07) is 0. The molecule has 0 aliphatic rings. The van der Waals surface area contributed by atoms with Gasteiger partial charge in [-0.15, -0.1) is 0 Å². The van der Waals surface area contributed by atoms with Gasteiger partial charge in [0.15, 0.2) is 0 Å². The molecule has 0 spiro atoms. The number of aromatic nitrogens is 2. The molecule has 0 bridgehead atoms. The first-order chi connectivity index (χ1) is 8.15. The molecule has 0 aliphatic carbocycles. The number of rotatable bonds is 7. The maximum Gasteiger partial charge on any atom is 0.326 e. The van der Waals surface area contributed by atoms with Gasteiger partial charge in [-0.25, -0.2) is 4.79 Å². The quantitative estimate of drug-likeness (QED) is 0.630. The van der Waals surface area contributed by atoms with Crippen LogP contribution in [-0.4, -0.2) is 9.97 Å². The van der Waals surface area contributed by atoms with Crippen molar-refractivity contribution in [3.05, 3.63) is 26.5 Å². The van der Waals surface area contributed by atoms with Crippen LogP contribution in [0.5, 0.6) is 0 Å². The Hall–Kier alpha value is -1.52. The van der Waals surface area contributed by atoms with Gasteiger partial charge in [0, 0.05) is 5.69 Å². The predicted molar refractivity (Wildman–Crippen MR) is 69.2 cm³/mol. The number of aryl methyl sites for hydroxylation is 1. The summed E-state index contributed by atoms with van der Waals surface area (Å²) < 4.78 is 0. The van der Waals surface area contributed by atoms with Crippen molar-refractivity contribution in [3.63, 3.8) is 0 Å². The lowest BCUT2D eigenvalue weighted by Gasteiger charge is -2.04. The third-order valence-electron chi connectivity index (χ3n) is 2.84. The van der Waals surface area contributed by atoms with Crippen LogP contribution in [0.1, 0.15) is 51.1 Å². The Morgan fingerprint density at radius 1 is 1.00 bits per heavy atom. The van der Waals surface area contributed by atoms with Gasteiger partial charge in [-0.05, 0) is 12.8 Å². The molecule has 1 aromatic rings. The monoisotopic (exact) mass is 239 g/mol. The fourth-order valence-corrected chi connectivity index (χ4v) is 1.82. The molecule has 1 aromatic heterocycles. The number of anilines is 1. The van der Waals surface area contributed by atoms with E-state index in [-0.39, 0.29) is 5.69 Å². The molecule has 96 valence electrons. The number of nitrogen functional groups attached to an aromatic ring is 1. The minimum atomic E-state index is -0.491. The van der Waals surface area contributed by atoms with Gasteiger partial charge in [0.05, 0.1) is 0 Å². The number of H-pyrrole nitrogens is 2. The fraction of sp³-hybridized carbons (Fsp3) is 0.667. The summed E-state index contributed by atoms with van der Waals surface area (Å²) in [6.07, 6.45) is 7.66. The highest BCUT2D eigenvalue weighted by Gasteiger charge is 2.04. The molecule has 0 saturated heterocycles. The van der Waals surface area contributed by atoms with Crippen molar-refractivity contribution in [1.29, 1.82) is 0 Å². The summed E-state index contributed by atoms with van der Waals surface area (Å²) in [5, 5.41) is 0. The Kier molecular flexibility index (Phi) is 5.52. The van der Waals surface area contributed by atoms with E-state index in [4.69, 9.17) is 5.73 Å². The molecular formula is C12H21N3O2. The van der Waals surface area contributed by atoms with Crippen LogP contribution in [0.2, 0.25) is 0 Å². The molecule has 0 aromatic carbocycles. The van der Waals surface area contributed by atoms with Gasteiger partial charge in [0.2, 0.25) is 0 Å². The molecule has 5 heteroatoms. The van der Waals surface area contributed by atoms with Crippen LogP contribution in [0, 0.1) is 0 Å². The standard InChI is InChI=1S/C12H21N3O2/c1-2-3-4-5-6-7-8-9-10(13)11(16)15-12(17)14-9/h2-8,13H2,1H3,(H2,14,15,16,17). The molecule has 0 saturated carbocycles. The first kappa shape index (κ1) is 13.5. The summed E-state index contributed by atoms with van der Waals surface area (Å²) in [5.74, 6) is 0. The van der Waals surface area contributed by atoms with Gasteiger partial charge in [-0.1, -0.05) is 39.0 Å².